The van der Waals surface area contributed by atoms with Crippen LogP contribution in [-0.2, 0) is 13.0 Å². The molecule has 0 aliphatic carbocycles. The lowest BCUT2D eigenvalue weighted by Crippen LogP contribution is -2.07. The Bertz CT molecular complexity index is 1120. The van der Waals surface area contributed by atoms with Gasteiger partial charge < -0.3 is 9.67 Å². The van der Waals surface area contributed by atoms with Crippen molar-refractivity contribution >= 4 is 11.2 Å². The highest BCUT2D eigenvalue weighted by Gasteiger charge is 2.15. The number of aliphatic hydroxyl groups is 1. The summed E-state index contributed by atoms with van der Waals surface area (Å²) in [5.74, 6) is 1.03. The summed E-state index contributed by atoms with van der Waals surface area (Å²) in [5, 5.41) is 10.8. The lowest BCUT2D eigenvalue weighted by atomic mass is 10.00. The van der Waals surface area contributed by atoms with E-state index in [0.29, 0.717) is 6.54 Å². The van der Waals surface area contributed by atoms with E-state index >= 15 is 0 Å². The second-order valence-electron chi connectivity index (χ2n) is 7.28. The first kappa shape index (κ1) is 18.4. The normalized spacial score (nSPS) is 12.4. The molecule has 4 nitrogen and oxygen atoms in total. The Kier molecular flexibility index (Phi) is 4.97. The molecule has 0 bridgehead atoms. The molecule has 4 heteroatoms. The number of hydrogen-bond acceptors (Lipinski definition) is 3. The summed E-state index contributed by atoms with van der Waals surface area (Å²) in [4.78, 5) is 9.58. The highest BCUT2D eigenvalue weighted by molar-refractivity contribution is 5.76. The van der Waals surface area contributed by atoms with Crippen molar-refractivity contribution in [3.8, 4) is 0 Å². The molecule has 0 aliphatic heterocycles. The van der Waals surface area contributed by atoms with E-state index in [1.165, 1.54) is 0 Å². The molecule has 1 atom stereocenters. The van der Waals surface area contributed by atoms with Gasteiger partial charge in [0.05, 0.1) is 6.54 Å². The van der Waals surface area contributed by atoms with Crippen molar-refractivity contribution in [3.63, 3.8) is 0 Å². The maximum absolute atomic E-state index is 10.8. The first-order valence-electron chi connectivity index (χ1n) is 9.72. The van der Waals surface area contributed by atoms with Gasteiger partial charge in [-0.3, -0.25) is 0 Å². The van der Waals surface area contributed by atoms with Gasteiger partial charge in [-0.2, -0.15) is 0 Å². The predicted molar refractivity (Wildman–Crippen MR) is 112 cm³/mol. The maximum Gasteiger partial charge on any atom is 0.160 e. The summed E-state index contributed by atoms with van der Waals surface area (Å²) in [6.07, 6.45) is 0.218. The molecule has 0 saturated heterocycles. The number of imidazole rings is 1. The lowest BCUT2D eigenvalue weighted by Gasteiger charge is -2.14. The van der Waals surface area contributed by atoms with Gasteiger partial charge in [-0.1, -0.05) is 61.5 Å². The topological polar surface area (TPSA) is 50.9 Å². The van der Waals surface area contributed by atoms with Crippen molar-refractivity contribution in [3.05, 3.63) is 94.4 Å². The molecule has 0 aliphatic rings. The fourth-order valence-corrected chi connectivity index (χ4v) is 3.76. The molecule has 2 heterocycles. The standard InChI is InChI=1S/C24H25N3O/c1-4-21-26-22-16(2)13-17(3)25-24(22)27(21)15-18-9-8-12-20(14-18)23(28)19-10-6-5-7-11-19/h5-14,23,28H,4,15H2,1-3H3. The van der Waals surface area contributed by atoms with Crippen LogP contribution in [0, 0.1) is 13.8 Å². The van der Waals surface area contributed by atoms with E-state index in [9.17, 15) is 5.11 Å². The zero-order chi connectivity index (χ0) is 19.7. The van der Waals surface area contributed by atoms with Gasteiger partial charge >= 0.3 is 0 Å². The number of pyridine rings is 1. The number of aliphatic hydroxyl groups excluding tert-OH is 1. The van der Waals surface area contributed by atoms with Crippen LogP contribution in [0.5, 0.6) is 0 Å². The molecule has 28 heavy (non-hydrogen) atoms. The fourth-order valence-electron chi connectivity index (χ4n) is 3.76. The Morgan fingerprint density at radius 1 is 0.929 bits per heavy atom. The van der Waals surface area contributed by atoms with E-state index in [-0.39, 0.29) is 0 Å². The smallest absolute Gasteiger partial charge is 0.160 e. The molecule has 0 fully saturated rings. The number of hydrogen-bond donors (Lipinski definition) is 1. The van der Waals surface area contributed by atoms with Crippen LogP contribution in [0.2, 0.25) is 0 Å². The van der Waals surface area contributed by atoms with E-state index in [4.69, 9.17) is 9.97 Å². The van der Waals surface area contributed by atoms with Crippen LogP contribution in [-0.4, -0.2) is 19.6 Å². The van der Waals surface area contributed by atoms with Gasteiger partial charge in [0, 0.05) is 12.1 Å². The first-order chi connectivity index (χ1) is 13.6. The maximum atomic E-state index is 10.8. The number of fused-ring (bicyclic) bond motifs is 1. The van der Waals surface area contributed by atoms with E-state index in [2.05, 4.69) is 36.6 Å². The van der Waals surface area contributed by atoms with Crippen LogP contribution in [0.25, 0.3) is 11.2 Å². The van der Waals surface area contributed by atoms with Gasteiger partial charge in [-0.05, 0) is 42.2 Å². The monoisotopic (exact) mass is 371 g/mol. The van der Waals surface area contributed by atoms with Gasteiger partial charge in [0.1, 0.15) is 17.4 Å². The molecule has 0 amide bonds. The molecular formula is C24H25N3O. The molecule has 1 unspecified atom stereocenters. The molecule has 142 valence electrons. The van der Waals surface area contributed by atoms with Crippen molar-refractivity contribution in [2.24, 2.45) is 0 Å². The minimum Gasteiger partial charge on any atom is -0.384 e. The zero-order valence-electron chi connectivity index (χ0n) is 16.6. The summed E-state index contributed by atoms with van der Waals surface area (Å²) in [6, 6.07) is 20.0. The number of nitrogens with zero attached hydrogens (tertiary/aromatic N) is 3. The third-order valence-corrected chi connectivity index (χ3v) is 5.14. The summed E-state index contributed by atoms with van der Waals surface area (Å²) >= 11 is 0. The van der Waals surface area contributed by atoms with Crippen molar-refractivity contribution in [1.29, 1.82) is 0 Å². The van der Waals surface area contributed by atoms with Crippen LogP contribution in [0.15, 0.2) is 60.7 Å². The van der Waals surface area contributed by atoms with Crippen LogP contribution in [0.4, 0.5) is 0 Å². The number of aromatic nitrogens is 3. The fraction of sp³-hybridized carbons (Fsp3) is 0.250. The minimum atomic E-state index is -0.631. The quantitative estimate of drug-likeness (QED) is 0.551. The zero-order valence-corrected chi connectivity index (χ0v) is 16.6. The van der Waals surface area contributed by atoms with Crippen molar-refractivity contribution < 1.29 is 5.11 Å². The summed E-state index contributed by atoms with van der Waals surface area (Å²) in [6.45, 7) is 6.91. The molecule has 2 aromatic carbocycles. The van der Waals surface area contributed by atoms with Gasteiger partial charge in [0.2, 0.25) is 0 Å². The van der Waals surface area contributed by atoms with E-state index < -0.39 is 6.10 Å². The second-order valence-corrected chi connectivity index (χ2v) is 7.28. The predicted octanol–water partition coefficient (Wildman–Crippen LogP) is 4.74. The van der Waals surface area contributed by atoms with Gasteiger partial charge in [0.15, 0.2) is 5.65 Å². The highest BCUT2D eigenvalue weighted by Crippen LogP contribution is 2.25. The second kappa shape index (κ2) is 7.56. The highest BCUT2D eigenvalue weighted by atomic mass is 16.3. The van der Waals surface area contributed by atoms with Gasteiger partial charge in [-0.25, -0.2) is 9.97 Å². The average Bonchev–Trinajstić information content (AvgIpc) is 3.06. The number of rotatable bonds is 5. The molecule has 4 rings (SSSR count). The largest absolute Gasteiger partial charge is 0.384 e. The first-order valence-corrected chi connectivity index (χ1v) is 9.72. The average molecular weight is 371 g/mol. The molecule has 1 N–H and O–H groups in total. The van der Waals surface area contributed by atoms with Gasteiger partial charge in [-0.15, -0.1) is 0 Å². The Balaban J connectivity index is 1.72. The van der Waals surface area contributed by atoms with Gasteiger partial charge in [0.25, 0.3) is 0 Å². The SMILES string of the molecule is CCc1nc2c(C)cc(C)nc2n1Cc1cccc(C(O)c2ccccc2)c1. The summed E-state index contributed by atoms with van der Waals surface area (Å²) in [5.41, 5.74) is 6.99. The number of benzene rings is 2. The van der Waals surface area contributed by atoms with Crippen LogP contribution >= 0.6 is 0 Å². The van der Waals surface area contributed by atoms with E-state index in [0.717, 1.165) is 51.4 Å². The molecule has 0 spiro atoms. The Hall–Kier alpha value is -2.98. The Morgan fingerprint density at radius 2 is 1.68 bits per heavy atom. The molecule has 2 aromatic heterocycles. The van der Waals surface area contributed by atoms with Crippen molar-refractivity contribution in [2.75, 3.05) is 0 Å². The van der Waals surface area contributed by atoms with Crippen molar-refractivity contribution in [1.82, 2.24) is 14.5 Å². The molecule has 0 saturated carbocycles. The number of aryl methyl sites for hydroxylation is 3. The van der Waals surface area contributed by atoms with E-state index in [1.807, 2.05) is 49.4 Å². The summed E-state index contributed by atoms with van der Waals surface area (Å²) in [7, 11) is 0. The van der Waals surface area contributed by atoms with E-state index in [1.54, 1.807) is 0 Å². The third-order valence-electron chi connectivity index (χ3n) is 5.14. The molecular weight excluding hydrogens is 346 g/mol. The molecule has 0 radical (unpaired) electrons. The summed E-state index contributed by atoms with van der Waals surface area (Å²) < 4.78 is 2.20. The lowest BCUT2D eigenvalue weighted by molar-refractivity contribution is 0.220. The van der Waals surface area contributed by atoms with Crippen molar-refractivity contribution in [2.45, 2.75) is 39.8 Å². The Labute approximate surface area is 165 Å². The van der Waals surface area contributed by atoms with Crippen LogP contribution in [0.1, 0.15) is 46.8 Å². The minimum absolute atomic E-state index is 0.631. The van der Waals surface area contributed by atoms with Crippen LogP contribution < -0.4 is 0 Å². The molecule has 4 aromatic rings. The Morgan fingerprint density at radius 3 is 2.43 bits per heavy atom. The third kappa shape index (κ3) is 3.43. The van der Waals surface area contributed by atoms with Crippen LogP contribution in [0.3, 0.4) is 0 Å².